The molecule has 2 aromatic carbocycles. The first-order chi connectivity index (χ1) is 16.0. The molecule has 0 aromatic heterocycles. The largest absolute Gasteiger partial charge is 0.449 e. The second-order valence-corrected chi connectivity index (χ2v) is 8.97. The topological polar surface area (TPSA) is 84.0 Å². The third-order valence-corrected chi connectivity index (χ3v) is 6.88. The molecule has 3 heterocycles. The number of hydrogen-bond acceptors (Lipinski definition) is 5. The molecule has 33 heavy (non-hydrogen) atoms. The average Bonchev–Trinajstić information content (AvgIpc) is 3.24. The van der Waals surface area contributed by atoms with Gasteiger partial charge in [-0.15, -0.1) is 0 Å². The van der Waals surface area contributed by atoms with Crippen LogP contribution in [0.25, 0.3) is 0 Å². The lowest BCUT2D eigenvalue weighted by molar-refractivity contribution is -0.138. The highest BCUT2D eigenvalue weighted by molar-refractivity contribution is 6.21. The second-order valence-electron chi connectivity index (χ2n) is 8.97. The number of nitrogens with zero attached hydrogens (tertiary/aromatic N) is 2. The lowest BCUT2D eigenvalue weighted by Gasteiger charge is -2.39. The summed E-state index contributed by atoms with van der Waals surface area (Å²) in [6, 6.07) is 14.3. The maximum Gasteiger partial charge on any atom is 0.339 e. The fourth-order valence-electron chi connectivity index (χ4n) is 5.21. The summed E-state index contributed by atoms with van der Waals surface area (Å²) in [6.07, 6.45) is 3.99. The van der Waals surface area contributed by atoms with Crippen LogP contribution in [0.15, 0.2) is 48.5 Å². The van der Waals surface area contributed by atoms with E-state index in [0.717, 1.165) is 24.8 Å². The number of unbranched alkanes of at least 4 members (excludes halogenated alkanes) is 2. The van der Waals surface area contributed by atoms with Gasteiger partial charge in [0.25, 0.3) is 11.8 Å². The van der Waals surface area contributed by atoms with E-state index in [9.17, 15) is 19.2 Å². The summed E-state index contributed by atoms with van der Waals surface area (Å²) in [4.78, 5) is 53.1. The van der Waals surface area contributed by atoms with Gasteiger partial charge < -0.3 is 9.64 Å². The zero-order chi connectivity index (χ0) is 23.0. The van der Waals surface area contributed by atoms with Crippen molar-refractivity contribution in [1.29, 1.82) is 0 Å². The van der Waals surface area contributed by atoms with E-state index < -0.39 is 5.60 Å². The van der Waals surface area contributed by atoms with Gasteiger partial charge in [-0.2, -0.15) is 0 Å². The van der Waals surface area contributed by atoms with Crippen molar-refractivity contribution in [3.63, 3.8) is 0 Å². The zero-order valence-corrected chi connectivity index (χ0v) is 18.4. The van der Waals surface area contributed by atoms with Crippen LogP contribution in [-0.4, -0.2) is 53.1 Å². The Labute approximate surface area is 192 Å². The number of piperidine rings is 1. The molecule has 1 fully saturated rings. The molecule has 0 aliphatic carbocycles. The Bertz CT molecular complexity index is 1110. The van der Waals surface area contributed by atoms with Crippen molar-refractivity contribution in [3.8, 4) is 0 Å². The van der Waals surface area contributed by atoms with Crippen molar-refractivity contribution in [2.24, 2.45) is 0 Å². The van der Waals surface area contributed by atoms with Crippen molar-refractivity contribution >= 4 is 23.7 Å². The van der Waals surface area contributed by atoms with Gasteiger partial charge in [0.2, 0.25) is 5.91 Å². The molecule has 7 nitrogen and oxygen atoms in total. The van der Waals surface area contributed by atoms with Crippen LogP contribution < -0.4 is 0 Å². The maximum atomic E-state index is 12.9. The first-order valence-electron chi connectivity index (χ1n) is 11.6. The standard InChI is InChI=1S/C26H26N2O5/c29-22(13-2-1-7-16-28-23(30)18-9-3-4-10-19(18)24(28)31)27-15-8-14-26(17-27)21-12-6-5-11-20(21)25(32)33-26/h3-6,9-12H,1-2,7-8,13-17H2. The molecule has 7 heteroatoms. The van der Waals surface area contributed by atoms with Crippen LogP contribution in [0.1, 0.15) is 75.2 Å². The quantitative estimate of drug-likeness (QED) is 0.385. The van der Waals surface area contributed by atoms with Crippen molar-refractivity contribution in [3.05, 3.63) is 70.8 Å². The van der Waals surface area contributed by atoms with Gasteiger partial charge in [-0.3, -0.25) is 19.3 Å². The van der Waals surface area contributed by atoms with Gasteiger partial charge >= 0.3 is 5.97 Å². The van der Waals surface area contributed by atoms with Crippen molar-refractivity contribution in [1.82, 2.24) is 9.80 Å². The summed E-state index contributed by atoms with van der Waals surface area (Å²) >= 11 is 0. The van der Waals surface area contributed by atoms with Gasteiger partial charge in [-0.1, -0.05) is 36.8 Å². The summed E-state index contributed by atoms with van der Waals surface area (Å²) in [7, 11) is 0. The normalized spacial score (nSPS) is 21.4. The highest BCUT2D eigenvalue weighted by Crippen LogP contribution is 2.42. The fourth-order valence-corrected chi connectivity index (χ4v) is 5.21. The highest BCUT2D eigenvalue weighted by Gasteiger charge is 2.48. The molecule has 3 amide bonds. The molecule has 1 saturated heterocycles. The van der Waals surface area contributed by atoms with Crippen molar-refractivity contribution in [2.75, 3.05) is 19.6 Å². The Balaban J connectivity index is 1.11. The number of amides is 3. The Hall–Kier alpha value is -3.48. The van der Waals surface area contributed by atoms with Crippen LogP contribution in [0.5, 0.6) is 0 Å². The second kappa shape index (κ2) is 8.46. The summed E-state index contributed by atoms with van der Waals surface area (Å²) in [5, 5.41) is 0. The van der Waals surface area contributed by atoms with E-state index in [1.54, 1.807) is 30.3 Å². The van der Waals surface area contributed by atoms with Crippen molar-refractivity contribution in [2.45, 2.75) is 44.1 Å². The Morgan fingerprint density at radius 1 is 0.879 bits per heavy atom. The summed E-state index contributed by atoms with van der Waals surface area (Å²) < 4.78 is 5.79. The molecule has 0 bridgehead atoms. The van der Waals surface area contributed by atoms with Gasteiger partial charge in [-0.25, -0.2) is 4.79 Å². The third kappa shape index (κ3) is 3.71. The van der Waals surface area contributed by atoms with Crippen LogP contribution in [-0.2, 0) is 15.1 Å². The average molecular weight is 447 g/mol. The van der Waals surface area contributed by atoms with E-state index in [-0.39, 0.29) is 23.7 Å². The lowest BCUT2D eigenvalue weighted by Crippen LogP contribution is -2.48. The molecule has 170 valence electrons. The van der Waals surface area contributed by atoms with E-state index in [4.69, 9.17) is 4.74 Å². The van der Waals surface area contributed by atoms with Crippen molar-refractivity contribution < 1.29 is 23.9 Å². The van der Waals surface area contributed by atoms with Gasteiger partial charge in [-0.05, 0) is 43.9 Å². The van der Waals surface area contributed by atoms with E-state index in [1.165, 1.54) is 4.90 Å². The number of carbonyl (C=O) groups excluding carboxylic acids is 4. The predicted octanol–water partition coefficient (Wildman–Crippen LogP) is 3.53. The van der Waals surface area contributed by atoms with Crippen LogP contribution in [0.3, 0.4) is 0 Å². The Morgan fingerprint density at radius 2 is 1.55 bits per heavy atom. The number of imide groups is 1. The molecule has 1 unspecified atom stereocenters. The minimum Gasteiger partial charge on any atom is -0.449 e. The predicted molar refractivity (Wildman–Crippen MR) is 120 cm³/mol. The van der Waals surface area contributed by atoms with Crippen LogP contribution in [0.2, 0.25) is 0 Å². The number of rotatable bonds is 6. The third-order valence-electron chi connectivity index (χ3n) is 6.88. The minimum absolute atomic E-state index is 0.0511. The highest BCUT2D eigenvalue weighted by atomic mass is 16.6. The van der Waals surface area contributed by atoms with E-state index in [1.807, 2.05) is 23.1 Å². The number of esters is 1. The lowest BCUT2D eigenvalue weighted by atomic mass is 9.85. The molecule has 1 spiro atoms. The first-order valence-corrected chi connectivity index (χ1v) is 11.6. The molecule has 3 aliphatic rings. The number of benzene rings is 2. The van der Waals surface area contributed by atoms with Gasteiger partial charge in [0, 0.05) is 25.1 Å². The van der Waals surface area contributed by atoms with Gasteiger partial charge in [0.1, 0.15) is 0 Å². The molecule has 3 aliphatic heterocycles. The minimum atomic E-state index is -0.729. The maximum absolute atomic E-state index is 12.9. The molecule has 2 aromatic rings. The summed E-state index contributed by atoms with van der Waals surface area (Å²) in [6.45, 7) is 1.42. The van der Waals surface area contributed by atoms with E-state index in [2.05, 4.69) is 0 Å². The number of hydrogen-bond donors (Lipinski definition) is 0. The number of fused-ring (bicyclic) bond motifs is 3. The van der Waals surface area contributed by atoms with Crippen LogP contribution >= 0.6 is 0 Å². The molecular formula is C26H26N2O5. The fraction of sp³-hybridized carbons (Fsp3) is 0.385. The molecule has 0 radical (unpaired) electrons. The molecule has 5 rings (SSSR count). The zero-order valence-electron chi connectivity index (χ0n) is 18.4. The van der Waals surface area contributed by atoms with E-state index >= 15 is 0 Å². The molecule has 0 saturated carbocycles. The summed E-state index contributed by atoms with van der Waals surface area (Å²) in [5.41, 5.74) is 1.68. The number of ether oxygens (including phenoxy) is 1. The number of carbonyl (C=O) groups is 4. The summed E-state index contributed by atoms with van der Waals surface area (Å²) in [5.74, 6) is -0.739. The monoisotopic (exact) mass is 446 g/mol. The van der Waals surface area contributed by atoms with E-state index in [0.29, 0.717) is 55.6 Å². The Morgan fingerprint density at radius 3 is 2.27 bits per heavy atom. The molecule has 1 atom stereocenters. The molecule has 0 N–H and O–H groups in total. The molecular weight excluding hydrogens is 420 g/mol. The van der Waals surface area contributed by atoms with Gasteiger partial charge in [0.05, 0.1) is 23.2 Å². The van der Waals surface area contributed by atoms with Crippen LogP contribution in [0.4, 0.5) is 0 Å². The van der Waals surface area contributed by atoms with Gasteiger partial charge in [0.15, 0.2) is 5.60 Å². The smallest absolute Gasteiger partial charge is 0.339 e. The first kappa shape index (κ1) is 21.4. The Kier molecular flexibility index (Phi) is 5.48. The SMILES string of the molecule is O=C1OC2(CCCN(C(=O)CCCCCN3C(=O)c4ccccc4C3=O)C2)c2ccccc21. The van der Waals surface area contributed by atoms with Crippen LogP contribution in [0, 0.1) is 0 Å². The number of likely N-dealkylation sites (tertiary alicyclic amines) is 1.